The molecule has 0 bridgehead atoms. The lowest BCUT2D eigenvalue weighted by atomic mass is 9.93. The minimum absolute atomic E-state index is 0.477. The van der Waals surface area contributed by atoms with Crippen molar-refractivity contribution in [3.8, 4) is 11.3 Å². The van der Waals surface area contributed by atoms with E-state index in [0.29, 0.717) is 11.9 Å². The van der Waals surface area contributed by atoms with Gasteiger partial charge in [-0.3, -0.25) is 4.98 Å². The van der Waals surface area contributed by atoms with Gasteiger partial charge in [0.25, 0.3) is 0 Å². The van der Waals surface area contributed by atoms with Gasteiger partial charge in [-0.05, 0) is 44.1 Å². The molecule has 0 atom stereocenters. The number of nitrogens with one attached hydrogen (secondary N) is 2. The van der Waals surface area contributed by atoms with E-state index >= 15 is 0 Å². The van der Waals surface area contributed by atoms with E-state index in [0.717, 1.165) is 48.6 Å². The van der Waals surface area contributed by atoms with E-state index in [2.05, 4.69) is 33.8 Å². The molecule has 1 saturated heterocycles. The maximum absolute atomic E-state index is 4.81. The Labute approximate surface area is 147 Å². The molecule has 0 amide bonds. The van der Waals surface area contributed by atoms with Crippen LogP contribution in [0.15, 0.2) is 60.9 Å². The molecule has 4 rings (SSSR count). The highest BCUT2D eigenvalue weighted by atomic mass is 15.1. The Bertz CT molecular complexity index is 814. The van der Waals surface area contributed by atoms with Crippen molar-refractivity contribution in [1.29, 1.82) is 0 Å². The number of pyridine rings is 1. The zero-order valence-corrected chi connectivity index (χ0v) is 14.0. The molecular formula is C20H21N5. The Hall–Kier alpha value is -2.79. The maximum Gasteiger partial charge on any atom is 0.228 e. The fraction of sp³-hybridized carbons (Fsp3) is 0.250. The van der Waals surface area contributed by atoms with Crippen molar-refractivity contribution in [2.75, 3.05) is 18.4 Å². The monoisotopic (exact) mass is 331 g/mol. The Morgan fingerprint density at radius 1 is 0.920 bits per heavy atom. The van der Waals surface area contributed by atoms with Gasteiger partial charge in [0.15, 0.2) is 0 Å². The number of piperidine rings is 1. The third-order valence-corrected chi connectivity index (χ3v) is 4.51. The van der Waals surface area contributed by atoms with Crippen LogP contribution in [0.5, 0.6) is 0 Å². The number of benzene rings is 1. The lowest BCUT2D eigenvalue weighted by molar-refractivity contribution is 0.453. The van der Waals surface area contributed by atoms with Gasteiger partial charge in [-0.2, -0.15) is 0 Å². The fourth-order valence-corrected chi connectivity index (χ4v) is 3.17. The van der Waals surface area contributed by atoms with Crippen LogP contribution in [-0.4, -0.2) is 28.0 Å². The summed E-state index contributed by atoms with van der Waals surface area (Å²) in [6.07, 6.45) is 5.74. The average Bonchev–Trinajstić information content (AvgIpc) is 2.70. The lowest BCUT2D eigenvalue weighted by Crippen LogP contribution is -2.27. The standard InChI is InChI=1S/C20H21N5/c1-2-4-15(5-3-1)18-14-19(16-6-10-21-11-7-16)25-20(24-18)23-17-8-12-22-13-9-17/h1-5,8-9,12-14,16,21H,6-7,10-11H2,(H,22,23,24,25). The first kappa shape index (κ1) is 15.7. The van der Waals surface area contributed by atoms with Crippen molar-refractivity contribution in [3.63, 3.8) is 0 Å². The van der Waals surface area contributed by atoms with Gasteiger partial charge in [0, 0.05) is 35.3 Å². The van der Waals surface area contributed by atoms with Crippen LogP contribution in [0.3, 0.4) is 0 Å². The molecule has 1 aromatic carbocycles. The molecule has 0 spiro atoms. The van der Waals surface area contributed by atoms with Crippen LogP contribution in [0.25, 0.3) is 11.3 Å². The largest absolute Gasteiger partial charge is 0.324 e. The van der Waals surface area contributed by atoms with Crippen molar-refractivity contribution < 1.29 is 0 Å². The molecule has 3 heterocycles. The summed E-state index contributed by atoms with van der Waals surface area (Å²) in [4.78, 5) is 13.6. The SMILES string of the molecule is c1ccc(-c2cc(C3CCNCC3)nc(Nc3ccncc3)n2)cc1. The van der Waals surface area contributed by atoms with Crippen LogP contribution < -0.4 is 10.6 Å². The predicted octanol–water partition coefficient (Wildman–Crippen LogP) is 3.75. The van der Waals surface area contributed by atoms with Gasteiger partial charge in [-0.15, -0.1) is 0 Å². The third kappa shape index (κ3) is 3.83. The minimum atomic E-state index is 0.477. The molecule has 2 aromatic heterocycles. The highest BCUT2D eigenvalue weighted by Gasteiger charge is 2.19. The molecule has 5 nitrogen and oxygen atoms in total. The summed E-state index contributed by atoms with van der Waals surface area (Å²) in [5.74, 6) is 1.12. The van der Waals surface area contributed by atoms with Gasteiger partial charge < -0.3 is 10.6 Å². The van der Waals surface area contributed by atoms with Crippen molar-refractivity contribution in [1.82, 2.24) is 20.3 Å². The summed E-state index contributed by atoms with van der Waals surface area (Å²) in [7, 11) is 0. The van der Waals surface area contributed by atoms with Crippen LogP contribution in [-0.2, 0) is 0 Å². The van der Waals surface area contributed by atoms with Gasteiger partial charge in [0.05, 0.1) is 5.69 Å². The molecule has 0 saturated carbocycles. The number of hydrogen-bond donors (Lipinski definition) is 2. The minimum Gasteiger partial charge on any atom is -0.324 e. The first-order valence-corrected chi connectivity index (χ1v) is 8.71. The number of anilines is 2. The van der Waals surface area contributed by atoms with Crippen LogP contribution in [0.4, 0.5) is 11.6 Å². The normalized spacial score (nSPS) is 15.0. The van der Waals surface area contributed by atoms with Gasteiger partial charge in [0.2, 0.25) is 5.95 Å². The van der Waals surface area contributed by atoms with Crippen LogP contribution in [0, 0.1) is 0 Å². The van der Waals surface area contributed by atoms with E-state index in [1.54, 1.807) is 12.4 Å². The predicted molar refractivity (Wildman–Crippen MR) is 99.8 cm³/mol. The Morgan fingerprint density at radius 3 is 2.44 bits per heavy atom. The molecule has 3 aromatic rings. The molecule has 1 fully saturated rings. The van der Waals surface area contributed by atoms with Gasteiger partial charge in [-0.25, -0.2) is 9.97 Å². The van der Waals surface area contributed by atoms with E-state index in [9.17, 15) is 0 Å². The van der Waals surface area contributed by atoms with Gasteiger partial charge in [-0.1, -0.05) is 30.3 Å². The van der Waals surface area contributed by atoms with Crippen molar-refractivity contribution in [2.24, 2.45) is 0 Å². The third-order valence-electron chi connectivity index (χ3n) is 4.51. The average molecular weight is 331 g/mol. The zero-order valence-electron chi connectivity index (χ0n) is 14.0. The van der Waals surface area contributed by atoms with E-state index in [-0.39, 0.29) is 0 Å². The van der Waals surface area contributed by atoms with Crippen LogP contribution in [0.1, 0.15) is 24.5 Å². The molecule has 2 N–H and O–H groups in total. The molecule has 1 aliphatic rings. The highest BCUT2D eigenvalue weighted by Crippen LogP contribution is 2.28. The van der Waals surface area contributed by atoms with Crippen LogP contribution in [0.2, 0.25) is 0 Å². The molecule has 25 heavy (non-hydrogen) atoms. The van der Waals surface area contributed by atoms with E-state index in [4.69, 9.17) is 9.97 Å². The van der Waals surface area contributed by atoms with E-state index in [1.807, 2.05) is 30.3 Å². The topological polar surface area (TPSA) is 62.7 Å². The van der Waals surface area contributed by atoms with Crippen LogP contribution >= 0.6 is 0 Å². The van der Waals surface area contributed by atoms with E-state index in [1.165, 1.54) is 0 Å². The summed E-state index contributed by atoms with van der Waals surface area (Å²) >= 11 is 0. The molecule has 0 aliphatic carbocycles. The van der Waals surface area contributed by atoms with Crippen molar-refractivity contribution in [3.05, 3.63) is 66.6 Å². The maximum atomic E-state index is 4.81. The smallest absolute Gasteiger partial charge is 0.228 e. The molecule has 1 aliphatic heterocycles. The first-order chi connectivity index (χ1) is 12.4. The van der Waals surface area contributed by atoms with Crippen molar-refractivity contribution in [2.45, 2.75) is 18.8 Å². The summed E-state index contributed by atoms with van der Waals surface area (Å²) < 4.78 is 0. The molecular weight excluding hydrogens is 310 g/mol. The molecule has 0 radical (unpaired) electrons. The number of nitrogens with zero attached hydrogens (tertiary/aromatic N) is 3. The summed E-state index contributed by atoms with van der Waals surface area (Å²) in [5.41, 5.74) is 4.13. The van der Waals surface area contributed by atoms with Gasteiger partial charge in [0.1, 0.15) is 0 Å². The Morgan fingerprint density at radius 2 is 1.68 bits per heavy atom. The lowest BCUT2D eigenvalue weighted by Gasteiger charge is -2.23. The zero-order chi connectivity index (χ0) is 16.9. The Balaban J connectivity index is 1.72. The number of hydrogen-bond acceptors (Lipinski definition) is 5. The van der Waals surface area contributed by atoms with Gasteiger partial charge >= 0.3 is 0 Å². The second-order valence-electron chi connectivity index (χ2n) is 6.25. The Kier molecular flexibility index (Phi) is 4.65. The summed E-state index contributed by atoms with van der Waals surface area (Å²) in [6, 6.07) is 16.3. The molecule has 0 unspecified atom stereocenters. The number of rotatable bonds is 4. The number of aromatic nitrogens is 3. The molecule has 126 valence electrons. The first-order valence-electron chi connectivity index (χ1n) is 8.71. The quantitative estimate of drug-likeness (QED) is 0.762. The summed E-state index contributed by atoms with van der Waals surface area (Å²) in [6.45, 7) is 2.09. The molecule has 5 heteroatoms. The van der Waals surface area contributed by atoms with Crippen molar-refractivity contribution >= 4 is 11.6 Å². The second-order valence-corrected chi connectivity index (χ2v) is 6.25. The fourth-order valence-electron chi connectivity index (χ4n) is 3.17. The second kappa shape index (κ2) is 7.40. The van der Waals surface area contributed by atoms with E-state index < -0.39 is 0 Å². The highest BCUT2D eigenvalue weighted by molar-refractivity contribution is 5.62. The summed E-state index contributed by atoms with van der Waals surface area (Å²) in [5, 5.41) is 6.73.